The number of nitrogens with one attached hydrogen (secondary N) is 1. The summed E-state index contributed by atoms with van der Waals surface area (Å²) >= 11 is 0. The topological polar surface area (TPSA) is 49.4 Å². The Morgan fingerprint density at radius 1 is 1.47 bits per heavy atom. The van der Waals surface area contributed by atoms with Gasteiger partial charge < -0.3 is 4.79 Å². The molecule has 1 aliphatic rings. The molecule has 0 spiro atoms. The summed E-state index contributed by atoms with van der Waals surface area (Å²) < 4.78 is 0. The number of carbonyl (C=O) groups is 2. The van der Waals surface area contributed by atoms with Crippen LogP contribution in [0.25, 0.3) is 0 Å². The highest BCUT2D eigenvalue weighted by atomic mass is 16.2. The van der Waals surface area contributed by atoms with Crippen LogP contribution in [0.1, 0.15) is 12.0 Å². The number of hydrogen-bond acceptors (Lipinski definition) is 3. The number of hydrogen-bond donors (Lipinski definition) is 1. The van der Waals surface area contributed by atoms with E-state index in [2.05, 4.69) is 5.43 Å². The third-order valence-electron chi connectivity index (χ3n) is 2.42. The molecule has 2 rings (SSSR count). The predicted octanol–water partition coefficient (Wildman–Crippen LogP) is 0.669. The first-order valence-corrected chi connectivity index (χ1v) is 4.90. The van der Waals surface area contributed by atoms with Crippen LogP contribution in [0.4, 0.5) is 5.69 Å². The Labute approximate surface area is 87.9 Å². The summed E-state index contributed by atoms with van der Waals surface area (Å²) in [6.07, 6.45) is 1.45. The molecule has 0 aliphatic carbocycles. The molecule has 1 N–H and O–H groups in total. The molecule has 15 heavy (non-hydrogen) atoms. The van der Waals surface area contributed by atoms with Gasteiger partial charge in [0.05, 0.1) is 12.1 Å². The summed E-state index contributed by atoms with van der Waals surface area (Å²) in [6, 6.07) is 7.92. The molecule has 78 valence electrons. The number of anilines is 1. The predicted molar refractivity (Wildman–Crippen MR) is 56.3 cm³/mol. The van der Waals surface area contributed by atoms with Crippen LogP contribution in [0.5, 0.6) is 0 Å². The Hall–Kier alpha value is -1.84. The Kier molecular flexibility index (Phi) is 2.67. The molecule has 0 radical (unpaired) electrons. The molecule has 1 aliphatic heterocycles. The van der Waals surface area contributed by atoms with Gasteiger partial charge in [-0.05, 0) is 18.1 Å². The van der Waals surface area contributed by atoms with Crippen LogP contribution in [0.2, 0.25) is 0 Å². The lowest BCUT2D eigenvalue weighted by atomic mass is 10.2. The molecule has 4 nitrogen and oxygen atoms in total. The zero-order chi connectivity index (χ0) is 10.7. The normalized spacial score (nSPS) is 13.5. The summed E-state index contributed by atoms with van der Waals surface area (Å²) in [7, 11) is 0. The SMILES string of the molecule is O=CCC(=O)NN1CCc2ccccc21. The van der Waals surface area contributed by atoms with E-state index < -0.39 is 0 Å². The van der Waals surface area contributed by atoms with Crippen molar-refractivity contribution >= 4 is 17.9 Å². The Morgan fingerprint density at radius 3 is 3.07 bits per heavy atom. The fourth-order valence-corrected chi connectivity index (χ4v) is 1.73. The molecule has 0 saturated carbocycles. The third kappa shape index (κ3) is 1.98. The number of para-hydroxylation sites is 1. The van der Waals surface area contributed by atoms with Crippen molar-refractivity contribution in [2.24, 2.45) is 0 Å². The van der Waals surface area contributed by atoms with E-state index in [4.69, 9.17) is 0 Å². The van der Waals surface area contributed by atoms with Gasteiger partial charge in [-0.2, -0.15) is 0 Å². The van der Waals surface area contributed by atoms with Gasteiger partial charge in [0, 0.05) is 6.54 Å². The fourth-order valence-electron chi connectivity index (χ4n) is 1.73. The van der Waals surface area contributed by atoms with Gasteiger partial charge in [-0.25, -0.2) is 0 Å². The molecular weight excluding hydrogens is 192 g/mol. The van der Waals surface area contributed by atoms with E-state index in [1.807, 2.05) is 24.3 Å². The molecule has 0 aromatic heterocycles. The number of carbonyl (C=O) groups excluding carboxylic acids is 2. The minimum atomic E-state index is -0.262. The van der Waals surface area contributed by atoms with Gasteiger partial charge in [0.15, 0.2) is 0 Å². The van der Waals surface area contributed by atoms with Crippen molar-refractivity contribution in [3.8, 4) is 0 Å². The largest absolute Gasteiger partial charge is 0.303 e. The van der Waals surface area contributed by atoms with Crippen LogP contribution in [0.15, 0.2) is 24.3 Å². The van der Waals surface area contributed by atoms with E-state index in [1.54, 1.807) is 5.01 Å². The van der Waals surface area contributed by atoms with E-state index in [0.717, 1.165) is 18.7 Å². The number of aldehydes is 1. The Morgan fingerprint density at radius 2 is 2.27 bits per heavy atom. The molecular formula is C11H12N2O2. The van der Waals surface area contributed by atoms with Crippen molar-refractivity contribution < 1.29 is 9.59 Å². The average molecular weight is 204 g/mol. The average Bonchev–Trinajstić information content (AvgIpc) is 2.62. The van der Waals surface area contributed by atoms with Gasteiger partial charge in [0.25, 0.3) is 0 Å². The lowest BCUT2D eigenvalue weighted by Gasteiger charge is -2.19. The fraction of sp³-hybridized carbons (Fsp3) is 0.273. The number of fused-ring (bicyclic) bond motifs is 1. The van der Waals surface area contributed by atoms with Gasteiger partial charge in [0.2, 0.25) is 5.91 Å². The van der Waals surface area contributed by atoms with E-state index in [0.29, 0.717) is 6.29 Å². The van der Waals surface area contributed by atoms with Crippen molar-refractivity contribution in [1.29, 1.82) is 0 Å². The van der Waals surface area contributed by atoms with Crippen LogP contribution in [0, 0.1) is 0 Å². The highest BCUT2D eigenvalue weighted by molar-refractivity contribution is 5.89. The molecule has 0 unspecified atom stereocenters. The third-order valence-corrected chi connectivity index (χ3v) is 2.42. The van der Waals surface area contributed by atoms with Crippen molar-refractivity contribution in [2.75, 3.05) is 11.6 Å². The maximum absolute atomic E-state index is 11.2. The zero-order valence-corrected chi connectivity index (χ0v) is 8.27. The van der Waals surface area contributed by atoms with Gasteiger partial charge in [0.1, 0.15) is 6.29 Å². The lowest BCUT2D eigenvalue weighted by molar-refractivity contribution is -0.124. The second-order valence-electron chi connectivity index (χ2n) is 3.44. The molecule has 1 aromatic carbocycles. The second-order valence-corrected chi connectivity index (χ2v) is 3.44. The number of amides is 1. The van der Waals surface area contributed by atoms with Crippen LogP contribution in [0.3, 0.4) is 0 Å². The zero-order valence-electron chi connectivity index (χ0n) is 8.27. The molecule has 1 heterocycles. The minimum absolute atomic E-state index is 0.0847. The van der Waals surface area contributed by atoms with Gasteiger partial charge in [-0.3, -0.25) is 15.2 Å². The summed E-state index contributed by atoms with van der Waals surface area (Å²) in [6.45, 7) is 0.768. The van der Waals surface area contributed by atoms with Crippen LogP contribution in [-0.2, 0) is 16.0 Å². The summed E-state index contributed by atoms with van der Waals surface area (Å²) in [5.74, 6) is -0.262. The van der Waals surface area contributed by atoms with Crippen molar-refractivity contribution in [3.63, 3.8) is 0 Å². The smallest absolute Gasteiger partial charge is 0.245 e. The standard InChI is InChI=1S/C11H12N2O2/c14-8-6-11(15)12-13-7-5-9-3-1-2-4-10(9)13/h1-4,8H,5-7H2,(H,12,15). The van der Waals surface area contributed by atoms with Crippen LogP contribution >= 0.6 is 0 Å². The summed E-state index contributed by atoms with van der Waals surface area (Å²) in [5.41, 5.74) is 4.95. The highest BCUT2D eigenvalue weighted by Gasteiger charge is 2.19. The molecule has 0 bridgehead atoms. The number of hydrazine groups is 1. The lowest BCUT2D eigenvalue weighted by Crippen LogP contribution is -2.41. The van der Waals surface area contributed by atoms with Crippen molar-refractivity contribution in [2.45, 2.75) is 12.8 Å². The van der Waals surface area contributed by atoms with Gasteiger partial charge in [-0.1, -0.05) is 18.2 Å². The summed E-state index contributed by atoms with van der Waals surface area (Å²) in [4.78, 5) is 21.4. The van der Waals surface area contributed by atoms with E-state index in [9.17, 15) is 9.59 Å². The highest BCUT2D eigenvalue weighted by Crippen LogP contribution is 2.25. The molecule has 0 atom stereocenters. The van der Waals surface area contributed by atoms with Gasteiger partial charge >= 0.3 is 0 Å². The minimum Gasteiger partial charge on any atom is -0.303 e. The molecule has 1 aromatic rings. The first kappa shape index (κ1) is 9.71. The van der Waals surface area contributed by atoms with Gasteiger partial charge in [-0.15, -0.1) is 0 Å². The molecule has 0 saturated heterocycles. The summed E-state index contributed by atoms with van der Waals surface area (Å²) in [5, 5.41) is 1.79. The maximum Gasteiger partial charge on any atom is 0.245 e. The Balaban J connectivity index is 2.07. The number of nitrogens with zero attached hydrogens (tertiary/aromatic N) is 1. The monoisotopic (exact) mass is 204 g/mol. The second kappa shape index (κ2) is 4.13. The first-order chi connectivity index (χ1) is 7.31. The van der Waals surface area contributed by atoms with Crippen molar-refractivity contribution in [1.82, 2.24) is 5.43 Å². The van der Waals surface area contributed by atoms with E-state index in [1.165, 1.54) is 5.56 Å². The number of rotatable bonds is 3. The van der Waals surface area contributed by atoms with Crippen molar-refractivity contribution in [3.05, 3.63) is 29.8 Å². The van der Waals surface area contributed by atoms with E-state index in [-0.39, 0.29) is 12.3 Å². The molecule has 1 amide bonds. The van der Waals surface area contributed by atoms with Crippen LogP contribution in [-0.4, -0.2) is 18.7 Å². The number of benzene rings is 1. The van der Waals surface area contributed by atoms with Crippen LogP contribution < -0.4 is 10.4 Å². The first-order valence-electron chi connectivity index (χ1n) is 4.90. The maximum atomic E-state index is 11.2. The molecule has 4 heteroatoms. The Bertz CT molecular complexity index is 390. The quantitative estimate of drug-likeness (QED) is 0.581. The van der Waals surface area contributed by atoms with E-state index >= 15 is 0 Å². The molecule has 0 fully saturated rings.